The highest BCUT2D eigenvalue weighted by molar-refractivity contribution is 7.89. The normalized spacial score (nSPS) is 27.6. The van der Waals surface area contributed by atoms with Gasteiger partial charge in [0.15, 0.2) is 0 Å². The molecule has 0 aromatic heterocycles. The van der Waals surface area contributed by atoms with Crippen LogP contribution in [0.5, 0.6) is 5.75 Å². The van der Waals surface area contributed by atoms with Crippen molar-refractivity contribution in [2.24, 2.45) is 0 Å². The van der Waals surface area contributed by atoms with Gasteiger partial charge in [-0.1, -0.05) is 12.1 Å². The molecule has 1 saturated heterocycles. The number of ether oxygens (including phenoxy) is 1. The molecule has 2 aliphatic rings. The number of sulfonamides is 1. The van der Waals surface area contributed by atoms with Crippen LogP contribution < -0.4 is 9.46 Å². The van der Waals surface area contributed by atoms with Crippen molar-refractivity contribution in [2.45, 2.75) is 30.2 Å². The first-order valence-electron chi connectivity index (χ1n) is 6.93. The van der Waals surface area contributed by atoms with E-state index in [4.69, 9.17) is 4.74 Å². The van der Waals surface area contributed by atoms with E-state index in [1.165, 1.54) is 13.0 Å². The topological polar surface area (TPSA) is 75.7 Å². The number of carbonyl (C=O) groups is 1. The molecule has 2 heterocycles. The van der Waals surface area contributed by atoms with Crippen LogP contribution >= 0.6 is 0 Å². The SMILES string of the molecule is CC(=O)N1CCCC2(COc3ccccc3S(=O)(=O)N2)C1. The fourth-order valence-corrected chi connectivity index (χ4v) is 4.53. The molecule has 1 aromatic carbocycles. The van der Waals surface area contributed by atoms with Gasteiger partial charge >= 0.3 is 0 Å². The van der Waals surface area contributed by atoms with Crippen LogP contribution in [0.2, 0.25) is 0 Å². The highest BCUT2D eigenvalue weighted by Gasteiger charge is 2.43. The molecule has 114 valence electrons. The number of hydrogen-bond donors (Lipinski definition) is 1. The van der Waals surface area contributed by atoms with E-state index in [9.17, 15) is 13.2 Å². The van der Waals surface area contributed by atoms with Crippen LogP contribution in [0.25, 0.3) is 0 Å². The van der Waals surface area contributed by atoms with Crippen molar-refractivity contribution < 1.29 is 17.9 Å². The highest BCUT2D eigenvalue weighted by Crippen LogP contribution is 2.32. The van der Waals surface area contributed by atoms with E-state index in [1.54, 1.807) is 23.1 Å². The number of amides is 1. The Hall–Kier alpha value is -1.60. The molecule has 1 amide bonds. The van der Waals surface area contributed by atoms with Gasteiger partial charge in [0.25, 0.3) is 0 Å². The van der Waals surface area contributed by atoms with Crippen molar-refractivity contribution in [3.8, 4) is 5.75 Å². The van der Waals surface area contributed by atoms with Gasteiger partial charge in [0.2, 0.25) is 15.9 Å². The Morgan fingerprint density at radius 3 is 2.90 bits per heavy atom. The largest absolute Gasteiger partial charge is 0.490 e. The van der Waals surface area contributed by atoms with Crippen molar-refractivity contribution in [1.29, 1.82) is 0 Å². The number of benzene rings is 1. The first-order valence-corrected chi connectivity index (χ1v) is 8.42. The predicted molar refractivity (Wildman–Crippen MR) is 76.5 cm³/mol. The summed E-state index contributed by atoms with van der Waals surface area (Å²) in [6, 6.07) is 6.60. The van der Waals surface area contributed by atoms with E-state index in [2.05, 4.69) is 4.72 Å². The molecule has 1 aromatic rings. The zero-order chi connectivity index (χ0) is 15.1. The number of hydrogen-bond acceptors (Lipinski definition) is 4. The van der Waals surface area contributed by atoms with Crippen molar-refractivity contribution in [1.82, 2.24) is 9.62 Å². The molecular formula is C14H18N2O4S. The van der Waals surface area contributed by atoms with Crippen molar-refractivity contribution in [3.63, 3.8) is 0 Å². The highest BCUT2D eigenvalue weighted by atomic mass is 32.2. The number of nitrogens with zero attached hydrogens (tertiary/aromatic N) is 1. The second-order valence-electron chi connectivity index (χ2n) is 5.67. The monoisotopic (exact) mass is 310 g/mol. The summed E-state index contributed by atoms with van der Waals surface area (Å²) in [6.07, 6.45) is 1.41. The van der Waals surface area contributed by atoms with Crippen LogP contribution in [0.15, 0.2) is 29.2 Å². The van der Waals surface area contributed by atoms with Crippen LogP contribution in [-0.2, 0) is 14.8 Å². The van der Waals surface area contributed by atoms with Gasteiger partial charge in [-0.25, -0.2) is 8.42 Å². The summed E-state index contributed by atoms with van der Waals surface area (Å²) in [6.45, 7) is 2.73. The standard InChI is InChI=1S/C14H18N2O4S/c1-11(17)16-8-4-7-14(9-16)10-20-12-5-2-3-6-13(12)21(18,19)15-14/h2-3,5-6,15H,4,7-10H2,1H3. The maximum absolute atomic E-state index is 12.5. The minimum atomic E-state index is -3.65. The molecule has 6 nitrogen and oxygen atoms in total. The molecule has 0 bridgehead atoms. The third kappa shape index (κ3) is 2.63. The fourth-order valence-electron chi connectivity index (χ4n) is 2.98. The molecule has 1 unspecified atom stereocenters. The predicted octanol–water partition coefficient (Wildman–Crippen LogP) is 0.738. The second kappa shape index (κ2) is 4.99. The van der Waals surface area contributed by atoms with Gasteiger partial charge in [-0.15, -0.1) is 0 Å². The Morgan fingerprint density at radius 2 is 2.14 bits per heavy atom. The van der Waals surface area contributed by atoms with Gasteiger partial charge in [0.1, 0.15) is 17.3 Å². The molecule has 0 saturated carbocycles. The van der Waals surface area contributed by atoms with E-state index < -0.39 is 15.6 Å². The first kappa shape index (κ1) is 14.3. The van der Waals surface area contributed by atoms with Crippen LogP contribution in [0.1, 0.15) is 19.8 Å². The summed E-state index contributed by atoms with van der Waals surface area (Å²) in [4.78, 5) is 13.4. The Kier molecular flexibility index (Phi) is 3.41. The van der Waals surface area contributed by atoms with Crippen molar-refractivity contribution >= 4 is 15.9 Å². The quantitative estimate of drug-likeness (QED) is 0.767. The van der Waals surface area contributed by atoms with Crippen LogP contribution in [0.3, 0.4) is 0 Å². The fraction of sp³-hybridized carbons (Fsp3) is 0.500. The Bertz CT molecular complexity index is 673. The summed E-state index contributed by atoms with van der Waals surface area (Å²) in [5.74, 6) is 0.317. The molecule has 1 fully saturated rings. The molecule has 0 aliphatic carbocycles. The number of nitrogens with one attached hydrogen (secondary N) is 1. The van der Waals surface area contributed by atoms with Crippen LogP contribution in [0.4, 0.5) is 0 Å². The summed E-state index contributed by atoms with van der Waals surface area (Å²) >= 11 is 0. The smallest absolute Gasteiger partial charge is 0.244 e. The van der Waals surface area contributed by atoms with Crippen molar-refractivity contribution in [2.75, 3.05) is 19.7 Å². The average molecular weight is 310 g/mol. The number of rotatable bonds is 0. The van der Waals surface area contributed by atoms with E-state index in [1.807, 2.05) is 0 Å². The molecule has 0 radical (unpaired) electrons. The molecule has 21 heavy (non-hydrogen) atoms. The lowest BCUT2D eigenvalue weighted by Gasteiger charge is -2.41. The van der Waals surface area contributed by atoms with Gasteiger partial charge in [-0.2, -0.15) is 4.72 Å². The third-order valence-electron chi connectivity index (χ3n) is 4.02. The second-order valence-corrected chi connectivity index (χ2v) is 7.32. The lowest BCUT2D eigenvalue weighted by atomic mass is 9.91. The zero-order valence-electron chi connectivity index (χ0n) is 11.8. The molecule has 2 aliphatic heterocycles. The summed E-state index contributed by atoms with van der Waals surface area (Å²) in [7, 11) is -3.65. The maximum Gasteiger partial charge on any atom is 0.244 e. The van der Waals surface area contributed by atoms with Gasteiger partial charge in [0, 0.05) is 20.0 Å². The lowest BCUT2D eigenvalue weighted by molar-refractivity contribution is -0.131. The third-order valence-corrected chi connectivity index (χ3v) is 5.63. The van der Waals surface area contributed by atoms with Crippen LogP contribution in [0, 0.1) is 0 Å². The van der Waals surface area contributed by atoms with E-state index in [0.29, 0.717) is 25.3 Å². The first-order chi connectivity index (χ1) is 9.92. The summed E-state index contributed by atoms with van der Waals surface area (Å²) in [5, 5.41) is 0. The Morgan fingerprint density at radius 1 is 1.38 bits per heavy atom. The Labute approximate surface area is 124 Å². The molecule has 7 heteroatoms. The number of likely N-dealkylation sites (tertiary alicyclic amines) is 1. The molecular weight excluding hydrogens is 292 g/mol. The van der Waals surface area contributed by atoms with Crippen LogP contribution in [-0.4, -0.2) is 44.5 Å². The van der Waals surface area contributed by atoms with E-state index in [-0.39, 0.29) is 17.4 Å². The molecule has 1 atom stereocenters. The minimum absolute atomic E-state index is 0.0463. The molecule has 1 N–H and O–H groups in total. The van der Waals surface area contributed by atoms with E-state index in [0.717, 1.165) is 6.42 Å². The molecule has 3 rings (SSSR count). The number of piperidine rings is 1. The van der Waals surface area contributed by atoms with Gasteiger partial charge in [0.05, 0.1) is 5.54 Å². The Balaban J connectivity index is 1.96. The van der Waals surface area contributed by atoms with Gasteiger partial charge in [-0.3, -0.25) is 4.79 Å². The maximum atomic E-state index is 12.5. The summed E-state index contributed by atoms with van der Waals surface area (Å²) in [5.41, 5.74) is -0.748. The lowest BCUT2D eigenvalue weighted by Crippen LogP contribution is -2.61. The minimum Gasteiger partial charge on any atom is -0.490 e. The molecule has 1 spiro atoms. The van der Waals surface area contributed by atoms with Crippen molar-refractivity contribution in [3.05, 3.63) is 24.3 Å². The zero-order valence-corrected chi connectivity index (χ0v) is 12.6. The van der Waals surface area contributed by atoms with Gasteiger partial charge in [-0.05, 0) is 25.0 Å². The van der Waals surface area contributed by atoms with E-state index >= 15 is 0 Å². The number of para-hydroxylation sites is 1. The van der Waals surface area contributed by atoms with Gasteiger partial charge < -0.3 is 9.64 Å². The number of carbonyl (C=O) groups excluding carboxylic acids is 1. The summed E-state index contributed by atoms with van der Waals surface area (Å²) < 4.78 is 33.6. The average Bonchev–Trinajstić information content (AvgIpc) is 2.55. The number of fused-ring (bicyclic) bond motifs is 1.